The van der Waals surface area contributed by atoms with Crippen molar-refractivity contribution in [3.05, 3.63) is 54.1 Å². The standard InChI is InChI=1S/C21H25F2N5O3/c1-24-28(4)18(13-22)16-11-14(6-8-20(16)31-10-9-27(2)3)25-21(30)26-15-5-7-17(23)19(29)12-15/h5-8,11-13,29H,1,9-10H2,2-4H3,(H2,25,26,30)/b18-13+. The minimum Gasteiger partial charge on any atom is -0.505 e. The van der Waals surface area contributed by atoms with Crippen molar-refractivity contribution in [3.63, 3.8) is 0 Å². The van der Waals surface area contributed by atoms with Gasteiger partial charge in [-0.05, 0) is 44.4 Å². The number of phenolic OH excluding ortho intramolecular Hbond substituents is 1. The Morgan fingerprint density at radius 1 is 1.19 bits per heavy atom. The molecule has 0 saturated heterocycles. The molecule has 2 amide bonds. The number of carbonyl (C=O) groups excluding carboxylic acids is 1. The van der Waals surface area contributed by atoms with Gasteiger partial charge in [-0.25, -0.2) is 13.6 Å². The van der Waals surface area contributed by atoms with Gasteiger partial charge in [0.05, 0.1) is 5.70 Å². The van der Waals surface area contributed by atoms with E-state index in [1.165, 1.54) is 24.2 Å². The summed E-state index contributed by atoms with van der Waals surface area (Å²) in [6.45, 7) is 4.41. The summed E-state index contributed by atoms with van der Waals surface area (Å²) >= 11 is 0. The summed E-state index contributed by atoms with van der Waals surface area (Å²) in [6.07, 6.45) is 0.369. The van der Waals surface area contributed by atoms with E-state index >= 15 is 0 Å². The van der Waals surface area contributed by atoms with Crippen LogP contribution >= 0.6 is 0 Å². The van der Waals surface area contributed by atoms with Crippen LogP contribution in [0.2, 0.25) is 0 Å². The highest BCUT2D eigenvalue weighted by Gasteiger charge is 2.16. The number of nitrogens with zero attached hydrogens (tertiary/aromatic N) is 3. The quantitative estimate of drug-likeness (QED) is 0.412. The number of aromatic hydroxyl groups is 1. The van der Waals surface area contributed by atoms with Crippen LogP contribution < -0.4 is 15.4 Å². The highest BCUT2D eigenvalue weighted by atomic mass is 19.1. The molecule has 2 aromatic carbocycles. The monoisotopic (exact) mass is 433 g/mol. The second kappa shape index (κ2) is 10.9. The van der Waals surface area contributed by atoms with Gasteiger partial charge in [0.25, 0.3) is 0 Å². The van der Waals surface area contributed by atoms with E-state index in [-0.39, 0.29) is 11.4 Å². The lowest BCUT2D eigenvalue weighted by atomic mass is 10.1. The molecule has 2 aromatic rings. The van der Waals surface area contributed by atoms with Crippen molar-refractivity contribution < 1.29 is 23.4 Å². The van der Waals surface area contributed by atoms with Crippen LogP contribution in [0.25, 0.3) is 5.70 Å². The molecule has 31 heavy (non-hydrogen) atoms. The third-order valence-corrected chi connectivity index (χ3v) is 4.18. The zero-order chi connectivity index (χ0) is 23.0. The molecule has 0 heterocycles. The lowest BCUT2D eigenvalue weighted by molar-refractivity contribution is 0.260. The Kier molecular flexibility index (Phi) is 8.33. The predicted octanol–water partition coefficient (Wildman–Crippen LogP) is 3.93. The smallest absolute Gasteiger partial charge is 0.323 e. The zero-order valence-electron chi connectivity index (χ0n) is 17.5. The molecule has 8 nitrogen and oxygen atoms in total. The molecule has 0 atom stereocenters. The number of urea groups is 1. The van der Waals surface area contributed by atoms with E-state index in [2.05, 4.69) is 22.5 Å². The van der Waals surface area contributed by atoms with E-state index in [1.54, 1.807) is 12.1 Å². The Bertz CT molecular complexity index is 966. The maximum absolute atomic E-state index is 13.7. The Labute approximate surface area is 179 Å². The lowest BCUT2D eigenvalue weighted by Gasteiger charge is -2.20. The SMILES string of the molecule is C=NN(C)/C(=C/F)c1cc(NC(=O)Nc2ccc(F)c(O)c2)ccc1OCCN(C)C. The predicted molar refractivity (Wildman–Crippen MR) is 118 cm³/mol. The summed E-state index contributed by atoms with van der Waals surface area (Å²) in [6, 6.07) is 7.49. The number of rotatable bonds is 9. The van der Waals surface area contributed by atoms with Gasteiger partial charge in [-0.3, -0.25) is 5.01 Å². The maximum atomic E-state index is 13.7. The number of phenols is 1. The van der Waals surface area contributed by atoms with Crippen molar-refractivity contribution in [2.24, 2.45) is 5.10 Å². The number of hydrogen-bond donors (Lipinski definition) is 3. The van der Waals surface area contributed by atoms with Crippen LogP contribution in [0.15, 0.2) is 47.8 Å². The summed E-state index contributed by atoms with van der Waals surface area (Å²) in [7, 11) is 5.33. The Morgan fingerprint density at radius 3 is 2.42 bits per heavy atom. The molecule has 0 bridgehead atoms. The first kappa shape index (κ1) is 23.6. The fourth-order valence-electron chi connectivity index (χ4n) is 2.54. The number of hydrogen-bond acceptors (Lipinski definition) is 6. The van der Waals surface area contributed by atoms with Crippen molar-refractivity contribution >= 4 is 29.8 Å². The molecular formula is C21H25F2N5O3. The molecule has 166 valence electrons. The second-order valence-corrected chi connectivity index (χ2v) is 6.77. The molecule has 10 heteroatoms. The Morgan fingerprint density at radius 2 is 1.84 bits per heavy atom. The van der Waals surface area contributed by atoms with E-state index in [4.69, 9.17) is 4.74 Å². The van der Waals surface area contributed by atoms with Crippen LogP contribution in [-0.4, -0.2) is 62.1 Å². The third-order valence-electron chi connectivity index (χ3n) is 4.18. The topological polar surface area (TPSA) is 89.4 Å². The van der Waals surface area contributed by atoms with Gasteiger partial charge >= 0.3 is 6.03 Å². The van der Waals surface area contributed by atoms with Crippen LogP contribution in [0.1, 0.15) is 5.56 Å². The van der Waals surface area contributed by atoms with E-state index in [0.717, 1.165) is 12.1 Å². The number of benzene rings is 2. The fourth-order valence-corrected chi connectivity index (χ4v) is 2.54. The van der Waals surface area contributed by atoms with E-state index in [0.29, 0.717) is 36.5 Å². The van der Waals surface area contributed by atoms with Gasteiger partial charge in [-0.1, -0.05) is 0 Å². The third kappa shape index (κ3) is 6.68. The van der Waals surface area contributed by atoms with E-state index in [9.17, 15) is 18.7 Å². The van der Waals surface area contributed by atoms with Gasteiger partial charge in [-0.15, -0.1) is 0 Å². The van der Waals surface area contributed by atoms with Crippen molar-refractivity contribution in [3.8, 4) is 11.5 Å². The minimum absolute atomic E-state index is 0.0855. The lowest BCUT2D eigenvalue weighted by Crippen LogP contribution is -2.21. The summed E-state index contributed by atoms with van der Waals surface area (Å²) < 4.78 is 32.6. The summed E-state index contributed by atoms with van der Waals surface area (Å²) in [5.74, 6) is -0.987. The molecule has 0 aliphatic carbocycles. The summed E-state index contributed by atoms with van der Waals surface area (Å²) in [5, 5.41) is 19.4. The van der Waals surface area contributed by atoms with Crippen LogP contribution in [0.5, 0.6) is 11.5 Å². The minimum atomic E-state index is -0.800. The molecule has 0 aliphatic heterocycles. The number of likely N-dealkylation sites (N-methyl/N-ethyl adjacent to an activating group) is 1. The highest BCUT2D eigenvalue weighted by Crippen LogP contribution is 2.31. The van der Waals surface area contributed by atoms with Crippen molar-refractivity contribution in [2.45, 2.75) is 0 Å². The van der Waals surface area contributed by atoms with Crippen LogP contribution in [0.4, 0.5) is 25.0 Å². The first-order chi connectivity index (χ1) is 14.7. The van der Waals surface area contributed by atoms with Gasteiger partial charge in [0.15, 0.2) is 11.6 Å². The van der Waals surface area contributed by atoms with Gasteiger partial charge in [0, 0.05) is 43.3 Å². The molecule has 0 radical (unpaired) electrons. The number of amides is 2. The molecule has 0 saturated carbocycles. The maximum Gasteiger partial charge on any atom is 0.323 e. The molecular weight excluding hydrogens is 408 g/mol. The summed E-state index contributed by atoms with van der Waals surface area (Å²) in [5.41, 5.74) is 0.978. The molecule has 0 unspecified atom stereocenters. The molecule has 0 aromatic heterocycles. The molecule has 3 N–H and O–H groups in total. The van der Waals surface area contributed by atoms with Gasteiger partial charge in [0.2, 0.25) is 0 Å². The van der Waals surface area contributed by atoms with Crippen LogP contribution in [-0.2, 0) is 0 Å². The largest absolute Gasteiger partial charge is 0.505 e. The van der Waals surface area contributed by atoms with Crippen molar-refractivity contribution in [1.29, 1.82) is 0 Å². The van der Waals surface area contributed by atoms with Gasteiger partial charge in [0.1, 0.15) is 18.7 Å². The average molecular weight is 433 g/mol. The first-order valence-corrected chi connectivity index (χ1v) is 9.24. The number of ether oxygens (including phenoxy) is 1. The highest BCUT2D eigenvalue weighted by molar-refractivity contribution is 6.00. The fraction of sp³-hybridized carbons (Fsp3) is 0.238. The molecule has 2 rings (SSSR count). The second-order valence-electron chi connectivity index (χ2n) is 6.77. The number of carbonyl (C=O) groups is 1. The van der Waals surface area contributed by atoms with Crippen LogP contribution in [0, 0.1) is 5.82 Å². The van der Waals surface area contributed by atoms with E-state index in [1.807, 2.05) is 19.0 Å². The summed E-state index contributed by atoms with van der Waals surface area (Å²) in [4.78, 5) is 14.2. The van der Waals surface area contributed by atoms with Crippen molar-refractivity contribution in [1.82, 2.24) is 9.91 Å². The Hall–Kier alpha value is -3.66. The van der Waals surface area contributed by atoms with Crippen LogP contribution in [0.3, 0.4) is 0 Å². The number of anilines is 2. The zero-order valence-corrected chi connectivity index (χ0v) is 17.5. The first-order valence-electron chi connectivity index (χ1n) is 9.24. The van der Waals surface area contributed by atoms with Crippen molar-refractivity contribution in [2.75, 3.05) is 44.9 Å². The van der Waals surface area contributed by atoms with Gasteiger partial charge < -0.3 is 25.4 Å². The molecule has 0 fully saturated rings. The van der Waals surface area contributed by atoms with E-state index < -0.39 is 17.6 Å². The molecule has 0 spiro atoms. The average Bonchev–Trinajstić information content (AvgIpc) is 2.72. The number of nitrogens with one attached hydrogen (secondary N) is 2. The van der Waals surface area contributed by atoms with Gasteiger partial charge in [-0.2, -0.15) is 5.10 Å². The number of halogens is 2. The normalized spacial score (nSPS) is 11.2. The number of hydrazone groups is 1. The Balaban J connectivity index is 2.24. The molecule has 0 aliphatic rings.